The molecule has 2 aromatic heterocycles. The van der Waals surface area contributed by atoms with Crippen molar-refractivity contribution in [3.63, 3.8) is 0 Å². The summed E-state index contributed by atoms with van der Waals surface area (Å²) in [5.41, 5.74) is 3.17. The van der Waals surface area contributed by atoms with E-state index in [0.29, 0.717) is 18.6 Å². The van der Waals surface area contributed by atoms with Gasteiger partial charge in [0.05, 0.1) is 7.32 Å². The Bertz CT molecular complexity index is 1470. The van der Waals surface area contributed by atoms with E-state index in [0.717, 1.165) is 6.42 Å². The lowest BCUT2D eigenvalue weighted by atomic mass is 9.67. The molecule has 0 saturated heterocycles. The Morgan fingerprint density at radius 1 is 0.500 bits per heavy atom. The molecule has 2 fully saturated rings. The fraction of sp³-hybridized carbons (Fsp3) is 0.364. The monoisotopic (exact) mass is 700 g/mol. The topological polar surface area (TPSA) is 81.6 Å². The maximum absolute atomic E-state index is 10.7. The minimum Gasteiger partial charge on any atom is -0.871 e. The van der Waals surface area contributed by atoms with Crippen molar-refractivity contribution < 1.29 is 33.8 Å². The molecular weight excluding hydrogens is 647 g/mol. The summed E-state index contributed by atoms with van der Waals surface area (Å²) in [4.78, 5) is 11.5. The molecular formula is C44H53BN2O5. The third-order valence-corrected chi connectivity index (χ3v) is 9.77. The van der Waals surface area contributed by atoms with Gasteiger partial charge in [0.25, 0.3) is 0 Å². The van der Waals surface area contributed by atoms with Crippen LogP contribution in [0.3, 0.4) is 0 Å². The third kappa shape index (κ3) is 12.3. The molecule has 0 N–H and O–H groups in total. The number of benzene rings is 3. The van der Waals surface area contributed by atoms with E-state index in [-0.39, 0.29) is 12.0 Å². The highest BCUT2D eigenvalue weighted by Crippen LogP contribution is 2.43. The summed E-state index contributed by atoms with van der Waals surface area (Å²) in [5.74, 6) is 0. The van der Waals surface area contributed by atoms with E-state index in [1.807, 2.05) is 125 Å². The molecule has 8 heteroatoms. The Balaban J connectivity index is 0.000000168. The number of hydrogen-bond donors (Lipinski definition) is 0. The number of pyridine rings is 2. The van der Waals surface area contributed by atoms with Gasteiger partial charge in [-0.25, -0.2) is 0 Å². The standard InChI is InChI=1S/C22H21BO3.2C11H16NO/c24-23(25)26-18-10-17-22(19-11-4-1-5-12-19,20-13-6-2-7-14-20)21-15-8-3-9-16-21;2*1-3-7-11(8-4-1)13-12-9-5-2-6-10-12/h1-9,11-16H,10,17-18H2;2*2,5-6,9-11H,1,3-4,7-8H2/q-2;2*+1. The first-order valence-corrected chi connectivity index (χ1v) is 19.0. The molecule has 0 radical (unpaired) electrons. The second-order valence-corrected chi connectivity index (χ2v) is 13.5. The summed E-state index contributed by atoms with van der Waals surface area (Å²) in [6, 6.07) is 43.0. The van der Waals surface area contributed by atoms with Gasteiger partial charge in [0.2, 0.25) is 24.8 Å². The van der Waals surface area contributed by atoms with Gasteiger partial charge in [-0.05, 0) is 80.9 Å². The van der Waals surface area contributed by atoms with E-state index >= 15 is 0 Å². The predicted octanol–water partition coefficient (Wildman–Crippen LogP) is 5.99. The number of aromatic nitrogens is 2. The van der Waals surface area contributed by atoms with Gasteiger partial charge in [0, 0.05) is 45.7 Å². The van der Waals surface area contributed by atoms with E-state index in [2.05, 4.69) is 36.4 Å². The molecule has 2 aliphatic rings. The Hall–Kier alpha value is -4.50. The Morgan fingerprint density at radius 2 is 0.846 bits per heavy atom. The third-order valence-electron chi connectivity index (χ3n) is 9.77. The molecule has 0 atom stereocenters. The van der Waals surface area contributed by atoms with E-state index in [1.165, 1.54) is 80.9 Å². The van der Waals surface area contributed by atoms with Gasteiger partial charge in [-0.1, -0.05) is 116 Å². The highest BCUT2D eigenvalue weighted by Gasteiger charge is 2.35. The summed E-state index contributed by atoms with van der Waals surface area (Å²) >= 11 is 0. The van der Waals surface area contributed by atoms with Gasteiger partial charge in [-0.2, -0.15) is 0 Å². The first kappa shape index (κ1) is 38.7. The average molecular weight is 701 g/mol. The van der Waals surface area contributed by atoms with Crippen molar-refractivity contribution in [2.24, 2.45) is 0 Å². The van der Waals surface area contributed by atoms with E-state index in [4.69, 9.17) is 14.3 Å². The van der Waals surface area contributed by atoms with Crippen molar-refractivity contribution in [2.75, 3.05) is 6.61 Å². The van der Waals surface area contributed by atoms with Crippen LogP contribution < -0.4 is 29.2 Å². The largest absolute Gasteiger partial charge is 0.871 e. The lowest BCUT2D eigenvalue weighted by molar-refractivity contribution is -0.899. The fourth-order valence-electron chi connectivity index (χ4n) is 7.21. The highest BCUT2D eigenvalue weighted by molar-refractivity contribution is 6.28. The Morgan fingerprint density at radius 3 is 1.19 bits per heavy atom. The Kier molecular flexibility index (Phi) is 16.2. The molecule has 0 unspecified atom stereocenters. The number of hydrogen-bond acceptors (Lipinski definition) is 5. The van der Waals surface area contributed by atoms with Crippen LogP contribution >= 0.6 is 0 Å². The van der Waals surface area contributed by atoms with Crippen LogP contribution in [0.5, 0.6) is 0 Å². The first-order chi connectivity index (χ1) is 25.6. The summed E-state index contributed by atoms with van der Waals surface area (Å²) in [7, 11) is -2.23. The lowest BCUT2D eigenvalue weighted by Crippen LogP contribution is -2.48. The minimum absolute atomic E-state index is 0.159. The highest BCUT2D eigenvalue weighted by atomic mass is 16.7. The molecule has 3 aromatic carbocycles. The molecule has 0 spiro atoms. The summed E-state index contributed by atoms with van der Waals surface area (Å²) < 4.78 is 8.36. The van der Waals surface area contributed by atoms with Crippen molar-refractivity contribution >= 4 is 7.32 Å². The van der Waals surface area contributed by atoms with Gasteiger partial charge in [0.15, 0.2) is 12.2 Å². The minimum atomic E-state index is -2.23. The predicted molar refractivity (Wildman–Crippen MR) is 200 cm³/mol. The second-order valence-electron chi connectivity index (χ2n) is 13.5. The van der Waals surface area contributed by atoms with Crippen molar-refractivity contribution in [1.29, 1.82) is 0 Å². The van der Waals surface area contributed by atoms with E-state index in [9.17, 15) is 10.0 Å². The normalized spacial score (nSPS) is 14.9. The molecule has 2 aliphatic carbocycles. The molecule has 5 aromatic rings. The van der Waals surface area contributed by atoms with Gasteiger partial charge < -0.3 is 14.7 Å². The van der Waals surface area contributed by atoms with Gasteiger partial charge in [-0.3, -0.25) is 9.68 Å². The fourth-order valence-corrected chi connectivity index (χ4v) is 7.21. The zero-order valence-electron chi connectivity index (χ0n) is 30.3. The molecule has 2 saturated carbocycles. The summed E-state index contributed by atoms with van der Waals surface area (Å²) in [6.07, 6.45) is 22.9. The molecule has 0 bridgehead atoms. The van der Waals surface area contributed by atoms with Crippen LogP contribution in [-0.4, -0.2) is 26.1 Å². The second kappa shape index (κ2) is 21.8. The molecule has 2 heterocycles. The molecule has 7 nitrogen and oxygen atoms in total. The van der Waals surface area contributed by atoms with Crippen LogP contribution in [0.15, 0.2) is 152 Å². The number of nitrogens with zero attached hydrogens (tertiary/aromatic N) is 2. The molecule has 0 aliphatic heterocycles. The van der Waals surface area contributed by atoms with Crippen LogP contribution in [0.25, 0.3) is 0 Å². The van der Waals surface area contributed by atoms with E-state index < -0.39 is 7.32 Å². The lowest BCUT2D eigenvalue weighted by Gasteiger charge is -2.37. The van der Waals surface area contributed by atoms with Crippen LogP contribution in [0, 0.1) is 0 Å². The van der Waals surface area contributed by atoms with Crippen molar-refractivity contribution in [3.8, 4) is 0 Å². The molecule has 52 heavy (non-hydrogen) atoms. The van der Waals surface area contributed by atoms with E-state index in [1.54, 1.807) is 0 Å². The molecule has 0 amide bonds. The smallest absolute Gasteiger partial charge is 0.222 e. The number of rotatable bonds is 12. The Labute approximate surface area is 310 Å². The van der Waals surface area contributed by atoms with Crippen LogP contribution in [0.2, 0.25) is 0 Å². The molecule has 7 rings (SSSR count). The van der Waals surface area contributed by atoms with Gasteiger partial charge >= 0.3 is 0 Å². The van der Waals surface area contributed by atoms with Gasteiger partial charge in [0.1, 0.15) is 0 Å². The SMILES string of the molecule is [O-]B([O-])OCCCC(c1ccccc1)(c1ccccc1)c1ccccc1.c1cc[n+](OC2CCCCC2)cc1.c1cc[n+](OC2CCCCC2)cc1. The van der Waals surface area contributed by atoms with Crippen LogP contribution in [0.4, 0.5) is 0 Å². The maximum Gasteiger partial charge on any atom is 0.222 e. The van der Waals surface area contributed by atoms with Crippen molar-refractivity contribution in [1.82, 2.24) is 0 Å². The summed E-state index contributed by atoms with van der Waals surface area (Å²) in [5, 5.41) is 21.4. The maximum atomic E-state index is 10.7. The molecule has 272 valence electrons. The quantitative estimate of drug-likeness (QED) is 0.0692. The summed E-state index contributed by atoms with van der Waals surface area (Å²) in [6.45, 7) is 0.159. The van der Waals surface area contributed by atoms with Crippen molar-refractivity contribution in [3.05, 3.63) is 169 Å². The first-order valence-electron chi connectivity index (χ1n) is 19.0. The van der Waals surface area contributed by atoms with Crippen LogP contribution in [0.1, 0.15) is 93.7 Å². The van der Waals surface area contributed by atoms with Crippen LogP contribution in [-0.2, 0) is 10.1 Å². The zero-order chi connectivity index (χ0) is 36.1. The zero-order valence-corrected chi connectivity index (χ0v) is 30.3. The van der Waals surface area contributed by atoms with Gasteiger partial charge in [-0.15, -0.1) is 0 Å². The average Bonchev–Trinajstić information content (AvgIpc) is 3.21. The van der Waals surface area contributed by atoms with Crippen molar-refractivity contribution in [2.45, 2.75) is 94.7 Å².